The molecule has 190 valence electrons. The van der Waals surface area contributed by atoms with Crippen molar-refractivity contribution in [3.63, 3.8) is 0 Å². The summed E-state index contributed by atoms with van der Waals surface area (Å²) in [5.41, 5.74) is 2.36. The molecule has 1 amide bonds. The highest BCUT2D eigenvalue weighted by Crippen LogP contribution is 2.64. The molecule has 8 nitrogen and oxygen atoms in total. The van der Waals surface area contributed by atoms with E-state index in [1.54, 1.807) is 0 Å². The number of aromatic nitrogens is 1. The van der Waals surface area contributed by atoms with Gasteiger partial charge in [0.25, 0.3) is 5.54 Å². The third kappa shape index (κ3) is 3.14. The topological polar surface area (TPSA) is 104 Å². The van der Waals surface area contributed by atoms with Gasteiger partial charge >= 0.3 is 0 Å². The fourth-order valence-electron chi connectivity index (χ4n) is 6.49. The van der Waals surface area contributed by atoms with Gasteiger partial charge in [0.15, 0.2) is 16.6 Å². The Kier molecular flexibility index (Phi) is 4.90. The van der Waals surface area contributed by atoms with Crippen molar-refractivity contribution in [1.29, 1.82) is 0 Å². The maximum Gasteiger partial charge on any atom is 0.273 e. The number of nitrogens with one attached hydrogen (secondary N) is 1. The zero-order chi connectivity index (χ0) is 26.1. The van der Waals surface area contributed by atoms with Gasteiger partial charge in [0.1, 0.15) is 0 Å². The maximum absolute atomic E-state index is 14.0. The number of benzene rings is 3. The Hall–Kier alpha value is -4.24. The summed E-state index contributed by atoms with van der Waals surface area (Å²) in [7, 11) is 0. The van der Waals surface area contributed by atoms with Crippen LogP contribution in [0, 0.1) is 15.5 Å². The van der Waals surface area contributed by atoms with E-state index in [9.17, 15) is 14.9 Å². The molecule has 2 heterocycles. The molecule has 1 aliphatic heterocycles. The van der Waals surface area contributed by atoms with E-state index in [0.29, 0.717) is 28.4 Å². The zero-order valence-electron chi connectivity index (χ0n) is 20.5. The molecule has 0 radical (unpaired) electrons. The number of thiazole rings is 1. The highest BCUT2D eigenvalue weighted by atomic mass is 32.1. The van der Waals surface area contributed by atoms with Crippen LogP contribution in [0.5, 0.6) is 11.5 Å². The smallest absolute Gasteiger partial charge is 0.273 e. The number of carbonyl (C=O) groups excluding carboxylic acids is 1. The van der Waals surface area contributed by atoms with Crippen molar-refractivity contribution < 1.29 is 19.2 Å². The Bertz CT molecular complexity index is 1580. The first kappa shape index (κ1) is 22.9. The zero-order valence-corrected chi connectivity index (χ0v) is 21.3. The average molecular weight is 526 g/mol. The molecule has 1 unspecified atom stereocenters. The molecular weight excluding hydrogens is 502 g/mol. The van der Waals surface area contributed by atoms with Crippen molar-refractivity contribution in [2.24, 2.45) is 5.41 Å². The van der Waals surface area contributed by atoms with Gasteiger partial charge < -0.3 is 14.8 Å². The molecule has 0 spiro atoms. The first-order valence-electron chi connectivity index (χ1n) is 12.4. The molecule has 0 saturated heterocycles. The largest absolute Gasteiger partial charge is 0.454 e. The van der Waals surface area contributed by atoms with E-state index in [1.165, 1.54) is 11.3 Å². The maximum atomic E-state index is 14.0. The Morgan fingerprint density at radius 1 is 1.08 bits per heavy atom. The summed E-state index contributed by atoms with van der Waals surface area (Å²) in [6, 6.07) is 20.7. The molecule has 0 fully saturated rings. The number of rotatable bonds is 5. The highest BCUT2D eigenvalue weighted by molar-refractivity contribution is 7.13. The van der Waals surface area contributed by atoms with Gasteiger partial charge in [-0.2, -0.15) is 0 Å². The molecule has 1 atom stereocenters. The van der Waals surface area contributed by atoms with Gasteiger partial charge in [0.05, 0.1) is 11.1 Å². The van der Waals surface area contributed by atoms with Gasteiger partial charge in [0, 0.05) is 40.2 Å². The number of ether oxygens (including phenoxy) is 2. The number of amides is 1. The van der Waals surface area contributed by atoms with Crippen LogP contribution in [0.1, 0.15) is 52.8 Å². The number of anilines is 1. The average Bonchev–Trinajstić information content (AvgIpc) is 3.57. The Labute approximate surface area is 222 Å². The summed E-state index contributed by atoms with van der Waals surface area (Å²) in [6.07, 6.45) is 0.654. The Morgan fingerprint density at radius 2 is 1.76 bits per heavy atom. The minimum atomic E-state index is -1.48. The molecule has 2 bridgehead atoms. The summed E-state index contributed by atoms with van der Waals surface area (Å²) in [4.78, 5) is 31.2. The van der Waals surface area contributed by atoms with Crippen LogP contribution in [0.15, 0.2) is 72.1 Å². The molecule has 1 aromatic heterocycles. The van der Waals surface area contributed by atoms with Crippen LogP contribution in [-0.4, -0.2) is 22.6 Å². The van der Waals surface area contributed by atoms with Gasteiger partial charge in [-0.3, -0.25) is 14.9 Å². The van der Waals surface area contributed by atoms with E-state index >= 15 is 0 Å². The van der Waals surface area contributed by atoms with Crippen molar-refractivity contribution in [1.82, 2.24) is 4.98 Å². The Morgan fingerprint density at radius 3 is 2.47 bits per heavy atom. The van der Waals surface area contributed by atoms with Crippen molar-refractivity contribution >= 4 is 22.4 Å². The second kappa shape index (κ2) is 8.13. The lowest BCUT2D eigenvalue weighted by Crippen LogP contribution is -2.57. The SMILES string of the molecule is CC1(C(=O)Nc2nc(Cc3ccc4c(c3)OCO4)cs2)CC2([N+](=O)[O-])c3ccccc3C1c1ccccc12. The van der Waals surface area contributed by atoms with E-state index in [4.69, 9.17) is 9.47 Å². The van der Waals surface area contributed by atoms with E-state index < -0.39 is 11.0 Å². The molecule has 4 aromatic rings. The van der Waals surface area contributed by atoms with Gasteiger partial charge in [-0.15, -0.1) is 11.3 Å². The summed E-state index contributed by atoms with van der Waals surface area (Å²) < 4.78 is 10.8. The second-order valence-electron chi connectivity index (χ2n) is 10.3. The summed E-state index contributed by atoms with van der Waals surface area (Å²) in [5.74, 6) is 0.879. The minimum absolute atomic E-state index is 0.0763. The van der Waals surface area contributed by atoms with Crippen LogP contribution >= 0.6 is 11.3 Å². The molecule has 4 aliphatic rings. The van der Waals surface area contributed by atoms with Crippen LogP contribution in [0.25, 0.3) is 0 Å². The van der Waals surface area contributed by atoms with Crippen LogP contribution in [0.3, 0.4) is 0 Å². The number of hydrogen-bond acceptors (Lipinski definition) is 7. The van der Waals surface area contributed by atoms with E-state index in [2.05, 4.69) is 10.3 Å². The second-order valence-corrected chi connectivity index (χ2v) is 11.1. The van der Waals surface area contributed by atoms with Crippen molar-refractivity contribution in [3.05, 3.63) is 116 Å². The first-order valence-corrected chi connectivity index (χ1v) is 13.3. The number of carbonyl (C=O) groups is 1. The van der Waals surface area contributed by atoms with E-state index in [-0.39, 0.29) is 30.0 Å². The van der Waals surface area contributed by atoms with Crippen molar-refractivity contribution in [2.45, 2.75) is 31.2 Å². The predicted molar refractivity (Wildman–Crippen MR) is 141 cm³/mol. The van der Waals surface area contributed by atoms with Gasteiger partial charge in [-0.25, -0.2) is 4.98 Å². The van der Waals surface area contributed by atoms with Gasteiger partial charge in [0.2, 0.25) is 12.7 Å². The highest BCUT2D eigenvalue weighted by Gasteiger charge is 2.67. The van der Waals surface area contributed by atoms with Crippen molar-refractivity contribution in [3.8, 4) is 11.5 Å². The molecule has 3 aromatic carbocycles. The van der Waals surface area contributed by atoms with E-state index in [0.717, 1.165) is 28.1 Å². The predicted octanol–water partition coefficient (Wildman–Crippen LogP) is 5.48. The normalized spacial score (nSPS) is 24.0. The van der Waals surface area contributed by atoms with Crippen LogP contribution in [-0.2, 0) is 16.8 Å². The number of nitrogens with zero attached hydrogens (tertiary/aromatic N) is 2. The van der Waals surface area contributed by atoms with Gasteiger partial charge in [-0.05, 0) is 35.7 Å². The minimum Gasteiger partial charge on any atom is -0.454 e. The molecule has 1 N–H and O–H groups in total. The molecule has 9 heteroatoms. The lowest BCUT2D eigenvalue weighted by molar-refractivity contribution is -0.573. The Balaban J connectivity index is 1.21. The number of hydrogen-bond donors (Lipinski definition) is 1. The van der Waals surface area contributed by atoms with Crippen LogP contribution in [0.2, 0.25) is 0 Å². The van der Waals surface area contributed by atoms with Crippen molar-refractivity contribution in [2.75, 3.05) is 12.1 Å². The fourth-order valence-corrected chi connectivity index (χ4v) is 7.20. The molecule has 8 rings (SSSR count). The summed E-state index contributed by atoms with van der Waals surface area (Å²) >= 11 is 1.35. The monoisotopic (exact) mass is 525 g/mol. The first-order chi connectivity index (χ1) is 18.4. The quantitative estimate of drug-likeness (QED) is 0.274. The summed E-state index contributed by atoms with van der Waals surface area (Å²) in [5, 5.41) is 18.2. The third-order valence-electron chi connectivity index (χ3n) is 8.12. The fraction of sp³-hybridized carbons (Fsp3) is 0.241. The lowest BCUT2D eigenvalue weighted by atomic mass is 9.49. The van der Waals surface area contributed by atoms with Gasteiger partial charge in [-0.1, -0.05) is 54.6 Å². The lowest BCUT2D eigenvalue weighted by Gasteiger charge is -2.52. The van der Waals surface area contributed by atoms with E-state index in [1.807, 2.05) is 79.0 Å². The molecule has 0 saturated carbocycles. The summed E-state index contributed by atoms with van der Waals surface area (Å²) in [6.45, 7) is 2.07. The number of fused-ring (bicyclic) bond motifs is 2. The third-order valence-corrected chi connectivity index (χ3v) is 8.93. The van der Waals surface area contributed by atoms with Crippen LogP contribution < -0.4 is 14.8 Å². The molecule has 38 heavy (non-hydrogen) atoms. The van der Waals surface area contributed by atoms with Crippen LogP contribution in [0.4, 0.5) is 5.13 Å². The molecule has 3 aliphatic carbocycles. The molecular formula is C29H23N3O5S. The standard InChI is InChI=1S/C29H23N3O5S/c1-28(26(33)31-27-30-18(14-38-27)12-17-10-11-23-24(13-17)37-16-36-23)15-29(32(34)35)21-8-4-2-6-19(21)25(28)20-7-3-5-9-22(20)29/h2-11,13-14,25H,12,15-16H2,1H3,(H,30,31,33). The number of nitro groups is 1.